The highest BCUT2D eigenvalue weighted by molar-refractivity contribution is 7.90. The van der Waals surface area contributed by atoms with Crippen LogP contribution in [0.2, 0.25) is 0 Å². The van der Waals surface area contributed by atoms with E-state index < -0.39 is 9.84 Å². The van der Waals surface area contributed by atoms with E-state index in [1.165, 1.54) is 23.8 Å². The number of hydrogen-bond acceptors (Lipinski definition) is 4. The number of hydrogen-bond donors (Lipinski definition) is 1. The van der Waals surface area contributed by atoms with Gasteiger partial charge in [0.05, 0.1) is 10.9 Å². The highest BCUT2D eigenvalue weighted by Gasteiger charge is 2.17. The quantitative estimate of drug-likeness (QED) is 0.769. The van der Waals surface area contributed by atoms with Crippen molar-refractivity contribution in [2.75, 3.05) is 12.9 Å². The summed E-state index contributed by atoms with van der Waals surface area (Å²) < 4.78 is 29.0. The average Bonchev–Trinajstić information content (AvgIpc) is 2.70. The number of benzene rings is 2. The molecule has 28 heavy (non-hydrogen) atoms. The van der Waals surface area contributed by atoms with Gasteiger partial charge in [-0.2, -0.15) is 0 Å². The van der Waals surface area contributed by atoms with Crippen molar-refractivity contribution in [1.82, 2.24) is 5.32 Å². The summed E-state index contributed by atoms with van der Waals surface area (Å²) in [5.74, 6) is 0.616. The summed E-state index contributed by atoms with van der Waals surface area (Å²) in [6, 6.07) is 12.5. The number of fused-ring (bicyclic) bond motifs is 1. The Kier molecular flexibility index (Phi) is 6.39. The summed E-state index contributed by atoms with van der Waals surface area (Å²) in [7, 11) is -3.23. The molecule has 6 heteroatoms. The molecule has 0 saturated carbocycles. The summed E-state index contributed by atoms with van der Waals surface area (Å²) in [6.07, 6.45) is 6.30. The van der Waals surface area contributed by atoms with Crippen molar-refractivity contribution in [1.29, 1.82) is 0 Å². The molecule has 2 aromatic rings. The second-order valence-electron chi connectivity index (χ2n) is 7.26. The molecule has 0 saturated heterocycles. The van der Waals surface area contributed by atoms with Gasteiger partial charge in [0.15, 0.2) is 16.4 Å². The van der Waals surface area contributed by atoms with Crippen LogP contribution in [0.4, 0.5) is 0 Å². The molecule has 0 unspecified atom stereocenters. The molecule has 150 valence electrons. The zero-order valence-corrected chi connectivity index (χ0v) is 17.2. The van der Waals surface area contributed by atoms with E-state index >= 15 is 0 Å². The van der Waals surface area contributed by atoms with Gasteiger partial charge in [-0.15, -0.1) is 0 Å². The molecule has 3 rings (SSSR count). The van der Waals surface area contributed by atoms with Gasteiger partial charge in [0.1, 0.15) is 5.75 Å². The molecule has 2 aromatic carbocycles. The van der Waals surface area contributed by atoms with Crippen LogP contribution < -0.4 is 10.1 Å². The van der Waals surface area contributed by atoms with Gasteiger partial charge >= 0.3 is 0 Å². The standard InChI is InChI=1S/C22H27NO4S/c1-3-20(17-11-13-18(14-12-17)28(2,25)26)23-22(24)15-27-21-10-6-8-16-7-4-5-9-19(16)21/h6,8,10-14,20H,3-5,7,9,15H2,1-2H3,(H,23,24)/t20-/m1/s1. The van der Waals surface area contributed by atoms with Crippen LogP contribution in [0.3, 0.4) is 0 Å². The smallest absolute Gasteiger partial charge is 0.258 e. The highest BCUT2D eigenvalue weighted by Crippen LogP contribution is 2.29. The molecule has 1 atom stereocenters. The molecule has 0 fully saturated rings. The first-order chi connectivity index (χ1) is 13.4. The van der Waals surface area contributed by atoms with Crippen LogP contribution in [0, 0.1) is 0 Å². The molecule has 0 spiro atoms. The Bertz CT molecular complexity index is 936. The third-order valence-electron chi connectivity index (χ3n) is 5.17. The fraction of sp³-hybridized carbons (Fsp3) is 0.409. The molecular formula is C22H27NO4S. The summed E-state index contributed by atoms with van der Waals surface area (Å²) >= 11 is 0. The zero-order valence-electron chi connectivity index (χ0n) is 16.4. The minimum absolute atomic E-state index is 0.0334. The molecule has 0 radical (unpaired) electrons. The van der Waals surface area contributed by atoms with Crippen molar-refractivity contribution in [3.63, 3.8) is 0 Å². The maximum Gasteiger partial charge on any atom is 0.258 e. The Morgan fingerprint density at radius 2 is 1.82 bits per heavy atom. The van der Waals surface area contributed by atoms with E-state index in [0.29, 0.717) is 6.42 Å². The highest BCUT2D eigenvalue weighted by atomic mass is 32.2. The third kappa shape index (κ3) is 4.93. The summed E-state index contributed by atoms with van der Waals surface area (Å²) in [4.78, 5) is 12.7. The van der Waals surface area contributed by atoms with Gasteiger partial charge in [-0.1, -0.05) is 31.2 Å². The number of aryl methyl sites for hydroxylation is 1. The Labute approximate surface area is 167 Å². The average molecular weight is 402 g/mol. The van der Waals surface area contributed by atoms with Gasteiger partial charge in [-0.25, -0.2) is 8.42 Å². The lowest BCUT2D eigenvalue weighted by molar-refractivity contribution is -0.123. The predicted molar refractivity (Wildman–Crippen MR) is 109 cm³/mol. The molecule has 5 nitrogen and oxygen atoms in total. The normalized spacial score (nSPS) is 14.8. The van der Waals surface area contributed by atoms with Crippen molar-refractivity contribution in [2.24, 2.45) is 0 Å². The van der Waals surface area contributed by atoms with Gasteiger partial charge in [0.2, 0.25) is 0 Å². The number of nitrogens with one attached hydrogen (secondary N) is 1. The van der Waals surface area contributed by atoms with Gasteiger partial charge in [0.25, 0.3) is 5.91 Å². The monoisotopic (exact) mass is 401 g/mol. The van der Waals surface area contributed by atoms with Crippen molar-refractivity contribution in [3.8, 4) is 5.75 Å². The van der Waals surface area contributed by atoms with Gasteiger partial charge in [-0.3, -0.25) is 4.79 Å². The maximum absolute atomic E-state index is 12.4. The van der Waals surface area contributed by atoms with Crippen molar-refractivity contribution < 1.29 is 17.9 Å². The molecular weight excluding hydrogens is 374 g/mol. The van der Waals surface area contributed by atoms with E-state index in [-0.39, 0.29) is 23.5 Å². The minimum Gasteiger partial charge on any atom is -0.483 e. The molecule has 0 heterocycles. The van der Waals surface area contributed by atoms with Gasteiger partial charge in [-0.05, 0) is 67.0 Å². The second-order valence-corrected chi connectivity index (χ2v) is 9.27. The first kappa shape index (κ1) is 20.4. The topological polar surface area (TPSA) is 72.5 Å². The van der Waals surface area contributed by atoms with Crippen LogP contribution in [0.1, 0.15) is 48.9 Å². The van der Waals surface area contributed by atoms with Crippen LogP contribution in [0.25, 0.3) is 0 Å². The Balaban J connectivity index is 1.62. The molecule has 0 bridgehead atoms. The molecule has 1 aliphatic rings. The van der Waals surface area contributed by atoms with Gasteiger partial charge < -0.3 is 10.1 Å². The maximum atomic E-state index is 12.4. The molecule has 0 aromatic heterocycles. The van der Waals surface area contributed by atoms with E-state index in [4.69, 9.17) is 4.74 Å². The van der Waals surface area contributed by atoms with E-state index in [1.54, 1.807) is 24.3 Å². The molecule has 1 amide bonds. The van der Waals surface area contributed by atoms with Gasteiger partial charge in [0, 0.05) is 6.26 Å². The van der Waals surface area contributed by atoms with Crippen LogP contribution >= 0.6 is 0 Å². The van der Waals surface area contributed by atoms with Crippen LogP contribution in [-0.2, 0) is 27.5 Å². The summed E-state index contributed by atoms with van der Waals surface area (Å²) in [6.45, 7) is 1.94. The molecule has 1 N–H and O–H groups in total. The third-order valence-corrected chi connectivity index (χ3v) is 6.29. The predicted octanol–water partition coefficient (Wildman–Crippen LogP) is 3.62. The van der Waals surface area contributed by atoms with E-state index in [2.05, 4.69) is 11.4 Å². The number of sulfone groups is 1. The lowest BCUT2D eigenvalue weighted by Crippen LogP contribution is -2.32. The number of carbonyl (C=O) groups excluding carboxylic acids is 1. The van der Waals surface area contributed by atoms with E-state index in [1.807, 2.05) is 19.1 Å². The lowest BCUT2D eigenvalue weighted by Gasteiger charge is -2.21. The van der Waals surface area contributed by atoms with E-state index in [9.17, 15) is 13.2 Å². The number of rotatable bonds is 7. The van der Waals surface area contributed by atoms with Crippen molar-refractivity contribution >= 4 is 15.7 Å². The second kappa shape index (κ2) is 8.78. The van der Waals surface area contributed by atoms with Crippen LogP contribution in [0.5, 0.6) is 5.75 Å². The van der Waals surface area contributed by atoms with Crippen LogP contribution in [-0.4, -0.2) is 27.2 Å². The summed E-state index contributed by atoms with van der Waals surface area (Å²) in [5, 5.41) is 2.98. The first-order valence-electron chi connectivity index (χ1n) is 9.71. The fourth-order valence-electron chi connectivity index (χ4n) is 3.63. The van der Waals surface area contributed by atoms with Crippen molar-refractivity contribution in [3.05, 3.63) is 59.2 Å². The molecule has 0 aliphatic heterocycles. The lowest BCUT2D eigenvalue weighted by atomic mass is 9.91. The fourth-order valence-corrected chi connectivity index (χ4v) is 4.26. The number of amides is 1. The Morgan fingerprint density at radius 1 is 1.11 bits per heavy atom. The first-order valence-corrected chi connectivity index (χ1v) is 11.6. The Morgan fingerprint density at radius 3 is 2.50 bits per heavy atom. The van der Waals surface area contributed by atoms with E-state index in [0.717, 1.165) is 30.6 Å². The zero-order chi connectivity index (χ0) is 20.1. The summed E-state index contributed by atoms with van der Waals surface area (Å²) in [5.41, 5.74) is 3.42. The Hall–Kier alpha value is -2.34. The SMILES string of the molecule is CC[C@@H](NC(=O)COc1cccc2c1CCCC2)c1ccc(S(C)(=O)=O)cc1. The molecule has 1 aliphatic carbocycles. The number of carbonyl (C=O) groups is 1. The number of ether oxygens (including phenoxy) is 1. The minimum atomic E-state index is -3.23. The van der Waals surface area contributed by atoms with Crippen molar-refractivity contribution in [2.45, 2.75) is 50.0 Å². The largest absolute Gasteiger partial charge is 0.483 e. The van der Waals surface area contributed by atoms with Crippen LogP contribution in [0.15, 0.2) is 47.4 Å².